The van der Waals surface area contributed by atoms with Gasteiger partial charge in [-0.3, -0.25) is 0 Å². The molecule has 1 fully saturated rings. The van der Waals surface area contributed by atoms with Crippen LogP contribution in [0.5, 0.6) is 0 Å². The van der Waals surface area contributed by atoms with Crippen LogP contribution in [0.15, 0.2) is 30.9 Å². The smallest absolute Gasteiger partial charge is 0.186 e. The first-order valence-electron chi connectivity index (χ1n) is 7.99. The monoisotopic (exact) mass is 346 g/mol. The minimum Gasteiger partial charge on any atom is -0.359 e. The van der Waals surface area contributed by atoms with Crippen molar-refractivity contribution < 1.29 is 0 Å². The van der Waals surface area contributed by atoms with Gasteiger partial charge in [-0.05, 0) is 36.3 Å². The summed E-state index contributed by atoms with van der Waals surface area (Å²) in [4.78, 5) is 9.38. The maximum Gasteiger partial charge on any atom is 0.186 e. The summed E-state index contributed by atoms with van der Waals surface area (Å²) in [5, 5.41) is 5.14. The summed E-state index contributed by atoms with van der Waals surface area (Å²) in [5.41, 5.74) is 2.48. The number of aromatic nitrogens is 1. The Labute approximate surface area is 146 Å². The van der Waals surface area contributed by atoms with Crippen molar-refractivity contribution in [3.63, 3.8) is 0 Å². The number of thiazole rings is 1. The lowest BCUT2D eigenvalue weighted by Gasteiger charge is -2.36. The molecule has 1 aromatic heterocycles. The molecule has 4 nitrogen and oxygen atoms in total. The number of piperazine rings is 1. The van der Waals surface area contributed by atoms with Crippen LogP contribution >= 0.6 is 23.6 Å². The fraction of sp³-hybridized carbons (Fsp3) is 0.412. The lowest BCUT2D eigenvalue weighted by molar-refractivity contribution is 0.381. The number of aryl methyl sites for hydroxylation is 1. The van der Waals surface area contributed by atoms with E-state index in [1.807, 2.05) is 6.08 Å². The minimum atomic E-state index is 0.719. The molecular formula is C17H22N4S2. The van der Waals surface area contributed by atoms with Crippen molar-refractivity contribution in [2.45, 2.75) is 13.3 Å². The zero-order chi connectivity index (χ0) is 16.2. The summed E-state index contributed by atoms with van der Waals surface area (Å²) in [7, 11) is 0. The molecule has 1 saturated heterocycles. The van der Waals surface area contributed by atoms with Gasteiger partial charge in [0.2, 0.25) is 0 Å². The second kappa shape index (κ2) is 7.27. The molecular weight excluding hydrogens is 324 g/mol. The van der Waals surface area contributed by atoms with Crippen LogP contribution in [0.3, 0.4) is 0 Å². The van der Waals surface area contributed by atoms with E-state index in [2.05, 4.69) is 46.8 Å². The summed E-state index contributed by atoms with van der Waals surface area (Å²) in [6.07, 6.45) is 2.89. The Bertz CT molecular complexity index is 702. The van der Waals surface area contributed by atoms with Crippen LogP contribution in [-0.2, 0) is 6.42 Å². The van der Waals surface area contributed by atoms with E-state index in [0.29, 0.717) is 0 Å². The van der Waals surface area contributed by atoms with Crippen LogP contribution in [-0.4, -0.2) is 47.7 Å². The van der Waals surface area contributed by atoms with Crippen LogP contribution in [0.1, 0.15) is 12.5 Å². The van der Waals surface area contributed by atoms with E-state index in [0.717, 1.165) is 54.9 Å². The third-order valence-electron chi connectivity index (χ3n) is 4.08. The molecule has 0 atom stereocenters. The van der Waals surface area contributed by atoms with E-state index in [1.165, 1.54) is 10.3 Å². The van der Waals surface area contributed by atoms with Crippen molar-refractivity contribution >= 4 is 44.0 Å². The Hall–Kier alpha value is -1.66. The summed E-state index contributed by atoms with van der Waals surface area (Å²) in [6, 6.07) is 6.58. The third-order valence-corrected chi connectivity index (χ3v) is 5.57. The summed E-state index contributed by atoms with van der Waals surface area (Å²) < 4.78 is 1.28. The second-order valence-corrected chi connectivity index (χ2v) is 7.00. The lowest BCUT2D eigenvalue weighted by atomic mass is 10.2. The molecule has 122 valence electrons. The number of fused-ring (bicyclic) bond motifs is 1. The quantitative estimate of drug-likeness (QED) is 0.679. The van der Waals surface area contributed by atoms with Crippen LogP contribution in [0.25, 0.3) is 10.2 Å². The Kier molecular flexibility index (Phi) is 5.13. The second-order valence-electron chi connectivity index (χ2n) is 5.60. The number of hydrogen-bond acceptors (Lipinski definition) is 4. The molecule has 1 aliphatic heterocycles. The molecule has 0 unspecified atom stereocenters. The molecule has 0 amide bonds. The van der Waals surface area contributed by atoms with Crippen molar-refractivity contribution in [2.75, 3.05) is 37.6 Å². The average molecular weight is 347 g/mol. The standard InChI is InChI=1S/C17H22N4S2/c1-3-7-18-16(22)20-8-10-21(11-9-20)17-19-14-6-5-13(4-2)12-15(14)23-17/h3,5-6,12H,1,4,7-11H2,2H3,(H,18,22). The fourth-order valence-corrected chi connectivity index (χ4v) is 4.03. The molecule has 2 aromatic rings. The number of benzene rings is 1. The molecule has 1 N–H and O–H groups in total. The summed E-state index contributed by atoms with van der Waals surface area (Å²) in [5.74, 6) is 0. The van der Waals surface area contributed by atoms with Gasteiger partial charge in [0.1, 0.15) is 0 Å². The maximum absolute atomic E-state index is 5.41. The van der Waals surface area contributed by atoms with Gasteiger partial charge in [0, 0.05) is 32.7 Å². The highest BCUT2D eigenvalue weighted by atomic mass is 32.1. The number of nitrogens with zero attached hydrogens (tertiary/aromatic N) is 3. The molecule has 2 heterocycles. The van der Waals surface area contributed by atoms with E-state index in [-0.39, 0.29) is 0 Å². The zero-order valence-corrected chi connectivity index (χ0v) is 15.1. The van der Waals surface area contributed by atoms with Crippen LogP contribution < -0.4 is 10.2 Å². The van der Waals surface area contributed by atoms with Crippen LogP contribution in [0.4, 0.5) is 5.13 Å². The molecule has 1 aliphatic rings. The highest BCUT2D eigenvalue weighted by Crippen LogP contribution is 2.30. The van der Waals surface area contributed by atoms with Crippen molar-refractivity contribution in [1.82, 2.24) is 15.2 Å². The highest BCUT2D eigenvalue weighted by molar-refractivity contribution is 7.80. The molecule has 0 spiro atoms. The fourth-order valence-electron chi connectivity index (χ4n) is 2.68. The Morgan fingerprint density at radius 3 is 2.87 bits per heavy atom. The summed E-state index contributed by atoms with van der Waals surface area (Å²) >= 11 is 7.20. The molecule has 0 radical (unpaired) electrons. The Morgan fingerprint density at radius 1 is 1.39 bits per heavy atom. The van der Waals surface area contributed by atoms with Gasteiger partial charge in [-0.25, -0.2) is 4.98 Å². The van der Waals surface area contributed by atoms with Gasteiger partial charge in [-0.1, -0.05) is 30.4 Å². The first-order valence-corrected chi connectivity index (χ1v) is 9.22. The van der Waals surface area contributed by atoms with E-state index in [9.17, 15) is 0 Å². The number of hydrogen-bond donors (Lipinski definition) is 1. The van der Waals surface area contributed by atoms with Gasteiger partial charge >= 0.3 is 0 Å². The van der Waals surface area contributed by atoms with Crippen LogP contribution in [0, 0.1) is 0 Å². The van der Waals surface area contributed by atoms with Crippen LogP contribution in [0.2, 0.25) is 0 Å². The van der Waals surface area contributed by atoms with E-state index in [4.69, 9.17) is 17.2 Å². The minimum absolute atomic E-state index is 0.719. The molecule has 0 saturated carbocycles. The highest BCUT2D eigenvalue weighted by Gasteiger charge is 2.21. The predicted octanol–water partition coefficient (Wildman–Crippen LogP) is 3.04. The van der Waals surface area contributed by atoms with E-state index >= 15 is 0 Å². The molecule has 1 aromatic carbocycles. The largest absolute Gasteiger partial charge is 0.359 e. The maximum atomic E-state index is 5.41. The normalized spacial score (nSPS) is 15.0. The number of rotatable bonds is 4. The van der Waals surface area contributed by atoms with Gasteiger partial charge in [0.25, 0.3) is 0 Å². The molecule has 23 heavy (non-hydrogen) atoms. The van der Waals surface area contributed by atoms with Gasteiger partial charge in [-0.15, -0.1) is 6.58 Å². The van der Waals surface area contributed by atoms with Gasteiger partial charge in [0.05, 0.1) is 10.2 Å². The van der Waals surface area contributed by atoms with Crippen molar-refractivity contribution in [1.29, 1.82) is 0 Å². The average Bonchev–Trinajstić information content (AvgIpc) is 3.02. The first kappa shape index (κ1) is 16.2. The Balaban J connectivity index is 1.65. The molecule has 3 rings (SSSR count). The van der Waals surface area contributed by atoms with E-state index in [1.54, 1.807) is 11.3 Å². The Morgan fingerprint density at radius 2 is 2.17 bits per heavy atom. The molecule has 0 bridgehead atoms. The molecule has 0 aliphatic carbocycles. The van der Waals surface area contributed by atoms with Gasteiger partial charge < -0.3 is 15.1 Å². The number of thiocarbonyl (C=S) groups is 1. The van der Waals surface area contributed by atoms with Gasteiger partial charge in [0.15, 0.2) is 10.2 Å². The molecule has 6 heteroatoms. The zero-order valence-electron chi connectivity index (χ0n) is 13.4. The van der Waals surface area contributed by atoms with E-state index < -0.39 is 0 Å². The number of anilines is 1. The predicted molar refractivity (Wildman–Crippen MR) is 104 cm³/mol. The van der Waals surface area contributed by atoms with Crippen molar-refractivity contribution in [3.8, 4) is 0 Å². The third kappa shape index (κ3) is 3.64. The van der Waals surface area contributed by atoms with Crippen molar-refractivity contribution in [2.24, 2.45) is 0 Å². The number of nitrogens with one attached hydrogen (secondary N) is 1. The SMILES string of the molecule is C=CCNC(=S)N1CCN(c2nc3ccc(CC)cc3s2)CC1. The topological polar surface area (TPSA) is 31.4 Å². The lowest BCUT2D eigenvalue weighted by Crippen LogP contribution is -2.51. The first-order chi connectivity index (χ1) is 11.2. The van der Waals surface area contributed by atoms with Gasteiger partial charge in [-0.2, -0.15) is 0 Å². The van der Waals surface area contributed by atoms with Crippen molar-refractivity contribution in [3.05, 3.63) is 36.4 Å². The summed E-state index contributed by atoms with van der Waals surface area (Å²) in [6.45, 7) is 10.4.